The summed E-state index contributed by atoms with van der Waals surface area (Å²) >= 11 is 0. The second-order valence-electron chi connectivity index (χ2n) is 6.59. The molecule has 26 heavy (non-hydrogen) atoms. The van der Waals surface area contributed by atoms with Crippen molar-refractivity contribution in [1.29, 1.82) is 0 Å². The zero-order chi connectivity index (χ0) is 17.9. The van der Waals surface area contributed by atoms with E-state index in [0.717, 1.165) is 48.6 Å². The summed E-state index contributed by atoms with van der Waals surface area (Å²) < 4.78 is 1.70. The van der Waals surface area contributed by atoms with Crippen LogP contribution >= 0.6 is 0 Å². The summed E-state index contributed by atoms with van der Waals surface area (Å²) in [6, 6.07) is 9.79. The van der Waals surface area contributed by atoms with E-state index in [-0.39, 0.29) is 5.91 Å². The Bertz CT molecular complexity index is 921. The summed E-state index contributed by atoms with van der Waals surface area (Å²) in [6.45, 7) is 5.30. The standard InChI is InChI=1S/C19H22N6O/c1-15-7-10-25(22-15)14-19(26)24-9-4-8-23(11-12-24)18-13-20-16-5-2-3-6-17(16)21-18/h2-3,5-7,10,13H,4,8-9,11-12,14H2,1H3. The van der Waals surface area contributed by atoms with Crippen molar-refractivity contribution in [1.82, 2.24) is 24.6 Å². The fourth-order valence-corrected chi connectivity index (χ4v) is 3.29. The number of hydrogen-bond donors (Lipinski definition) is 0. The molecular weight excluding hydrogens is 328 g/mol. The van der Waals surface area contributed by atoms with Crippen LogP contribution in [0, 0.1) is 6.92 Å². The third kappa shape index (κ3) is 3.51. The SMILES string of the molecule is Cc1ccn(CC(=O)N2CCCN(c3cnc4ccccc4n3)CC2)n1. The van der Waals surface area contributed by atoms with Crippen molar-refractivity contribution in [3.05, 3.63) is 48.4 Å². The van der Waals surface area contributed by atoms with E-state index in [1.807, 2.05) is 54.5 Å². The Morgan fingerprint density at radius 1 is 1.08 bits per heavy atom. The number of anilines is 1. The molecular formula is C19H22N6O. The number of aromatic nitrogens is 4. The highest BCUT2D eigenvalue weighted by Gasteiger charge is 2.20. The molecule has 1 fully saturated rings. The van der Waals surface area contributed by atoms with E-state index in [1.54, 1.807) is 4.68 Å². The normalized spacial score (nSPS) is 15.3. The second-order valence-corrected chi connectivity index (χ2v) is 6.59. The number of carbonyl (C=O) groups excluding carboxylic acids is 1. The molecule has 1 aliphatic heterocycles. The zero-order valence-corrected chi connectivity index (χ0v) is 14.9. The van der Waals surface area contributed by atoms with Crippen LogP contribution in [0.5, 0.6) is 0 Å². The molecule has 7 heteroatoms. The van der Waals surface area contributed by atoms with Gasteiger partial charge in [-0.25, -0.2) is 4.98 Å². The first-order valence-corrected chi connectivity index (χ1v) is 8.93. The first kappa shape index (κ1) is 16.5. The molecule has 0 saturated carbocycles. The summed E-state index contributed by atoms with van der Waals surface area (Å²) in [4.78, 5) is 25.9. The van der Waals surface area contributed by atoms with Crippen LogP contribution in [0.1, 0.15) is 12.1 Å². The highest BCUT2D eigenvalue weighted by Crippen LogP contribution is 2.17. The van der Waals surface area contributed by atoms with E-state index in [4.69, 9.17) is 4.98 Å². The molecule has 0 aliphatic carbocycles. The monoisotopic (exact) mass is 350 g/mol. The molecule has 1 saturated heterocycles. The van der Waals surface area contributed by atoms with Gasteiger partial charge in [-0.05, 0) is 31.5 Å². The van der Waals surface area contributed by atoms with Crippen molar-refractivity contribution in [2.45, 2.75) is 19.9 Å². The number of benzene rings is 1. The number of hydrogen-bond acceptors (Lipinski definition) is 5. The molecule has 0 radical (unpaired) electrons. The van der Waals surface area contributed by atoms with Crippen molar-refractivity contribution in [2.75, 3.05) is 31.1 Å². The molecule has 1 aromatic carbocycles. The van der Waals surface area contributed by atoms with Crippen LogP contribution in [-0.2, 0) is 11.3 Å². The van der Waals surface area contributed by atoms with Crippen LogP contribution in [-0.4, -0.2) is 56.7 Å². The Balaban J connectivity index is 1.43. The molecule has 0 bridgehead atoms. The molecule has 3 heterocycles. The highest BCUT2D eigenvalue weighted by molar-refractivity contribution is 5.76. The Kier molecular flexibility index (Phi) is 4.51. The van der Waals surface area contributed by atoms with E-state index < -0.39 is 0 Å². The molecule has 0 N–H and O–H groups in total. The van der Waals surface area contributed by atoms with Gasteiger partial charge in [0, 0.05) is 32.4 Å². The van der Waals surface area contributed by atoms with Crippen LogP contribution in [0.4, 0.5) is 5.82 Å². The maximum atomic E-state index is 12.6. The predicted molar refractivity (Wildman–Crippen MR) is 99.9 cm³/mol. The van der Waals surface area contributed by atoms with E-state index in [2.05, 4.69) is 15.0 Å². The van der Waals surface area contributed by atoms with Gasteiger partial charge in [-0.2, -0.15) is 5.10 Å². The number of amides is 1. The highest BCUT2D eigenvalue weighted by atomic mass is 16.2. The summed E-state index contributed by atoms with van der Waals surface area (Å²) in [5.74, 6) is 0.986. The van der Waals surface area contributed by atoms with Crippen molar-refractivity contribution in [3.63, 3.8) is 0 Å². The fourth-order valence-electron chi connectivity index (χ4n) is 3.29. The summed E-state index contributed by atoms with van der Waals surface area (Å²) in [6.07, 6.45) is 4.59. The van der Waals surface area contributed by atoms with E-state index in [0.29, 0.717) is 13.1 Å². The quantitative estimate of drug-likeness (QED) is 0.721. The number of para-hydroxylation sites is 2. The van der Waals surface area contributed by atoms with Gasteiger partial charge >= 0.3 is 0 Å². The van der Waals surface area contributed by atoms with Crippen molar-refractivity contribution in [3.8, 4) is 0 Å². The largest absolute Gasteiger partial charge is 0.353 e. The van der Waals surface area contributed by atoms with Gasteiger partial charge < -0.3 is 9.80 Å². The maximum Gasteiger partial charge on any atom is 0.244 e. The Labute approximate surface area is 152 Å². The third-order valence-corrected chi connectivity index (χ3v) is 4.68. The Morgan fingerprint density at radius 3 is 2.73 bits per heavy atom. The minimum absolute atomic E-state index is 0.111. The van der Waals surface area contributed by atoms with E-state index in [9.17, 15) is 4.79 Å². The van der Waals surface area contributed by atoms with Gasteiger partial charge in [-0.3, -0.25) is 14.5 Å². The van der Waals surface area contributed by atoms with Crippen molar-refractivity contribution < 1.29 is 4.79 Å². The van der Waals surface area contributed by atoms with Gasteiger partial charge in [-0.1, -0.05) is 12.1 Å². The molecule has 2 aromatic heterocycles. The van der Waals surface area contributed by atoms with Gasteiger partial charge in [0.2, 0.25) is 5.91 Å². The number of carbonyl (C=O) groups is 1. The lowest BCUT2D eigenvalue weighted by atomic mass is 10.3. The summed E-state index contributed by atoms with van der Waals surface area (Å²) in [5.41, 5.74) is 2.73. The number of fused-ring (bicyclic) bond motifs is 1. The van der Waals surface area contributed by atoms with Crippen LogP contribution in [0.3, 0.4) is 0 Å². The smallest absolute Gasteiger partial charge is 0.244 e. The van der Waals surface area contributed by atoms with E-state index >= 15 is 0 Å². The molecule has 1 aliphatic rings. The summed E-state index contributed by atoms with van der Waals surface area (Å²) in [5, 5.41) is 4.30. The minimum atomic E-state index is 0.111. The van der Waals surface area contributed by atoms with Crippen LogP contribution in [0.15, 0.2) is 42.7 Å². The van der Waals surface area contributed by atoms with Gasteiger partial charge in [0.25, 0.3) is 0 Å². The van der Waals surface area contributed by atoms with Gasteiger partial charge in [0.15, 0.2) is 0 Å². The van der Waals surface area contributed by atoms with Crippen molar-refractivity contribution >= 4 is 22.8 Å². The van der Waals surface area contributed by atoms with Crippen LogP contribution < -0.4 is 4.90 Å². The predicted octanol–water partition coefficient (Wildman–Crippen LogP) is 1.87. The van der Waals surface area contributed by atoms with Gasteiger partial charge in [-0.15, -0.1) is 0 Å². The maximum absolute atomic E-state index is 12.6. The number of aryl methyl sites for hydroxylation is 1. The fraction of sp³-hybridized carbons (Fsp3) is 0.368. The average molecular weight is 350 g/mol. The van der Waals surface area contributed by atoms with Crippen LogP contribution in [0.25, 0.3) is 11.0 Å². The van der Waals surface area contributed by atoms with Crippen LogP contribution in [0.2, 0.25) is 0 Å². The second kappa shape index (κ2) is 7.11. The van der Waals surface area contributed by atoms with E-state index in [1.165, 1.54) is 0 Å². The average Bonchev–Trinajstić information content (AvgIpc) is 2.92. The molecule has 0 atom stereocenters. The van der Waals surface area contributed by atoms with Gasteiger partial charge in [0.1, 0.15) is 12.4 Å². The first-order valence-electron chi connectivity index (χ1n) is 8.93. The molecule has 3 aromatic rings. The zero-order valence-electron chi connectivity index (χ0n) is 14.9. The van der Waals surface area contributed by atoms with Crippen molar-refractivity contribution in [2.24, 2.45) is 0 Å². The lowest BCUT2D eigenvalue weighted by Crippen LogP contribution is -2.37. The number of rotatable bonds is 3. The molecule has 7 nitrogen and oxygen atoms in total. The molecule has 1 amide bonds. The minimum Gasteiger partial charge on any atom is -0.353 e. The molecule has 134 valence electrons. The topological polar surface area (TPSA) is 67.2 Å². The molecule has 4 rings (SSSR count). The summed E-state index contributed by atoms with van der Waals surface area (Å²) in [7, 11) is 0. The lowest BCUT2D eigenvalue weighted by Gasteiger charge is -2.22. The number of nitrogens with zero attached hydrogens (tertiary/aromatic N) is 6. The first-order chi connectivity index (χ1) is 12.7. The lowest BCUT2D eigenvalue weighted by molar-refractivity contribution is -0.131. The van der Waals surface area contributed by atoms with Gasteiger partial charge in [0.05, 0.1) is 22.9 Å². The Morgan fingerprint density at radius 2 is 1.92 bits per heavy atom. The third-order valence-electron chi connectivity index (χ3n) is 4.68. The molecule has 0 spiro atoms. The molecule has 0 unspecified atom stereocenters. The Hall–Kier alpha value is -2.96.